The second-order valence-corrected chi connectivity index (χ2v) is 4.61. The van der Waals surface area contributed by atoms with Crippen LogP contribution in [-0.2, 0) is 6.18 Å². The molecule has 20 heavy (non-hydrogen) atoms. The smallest absolute Gasteiger partial charge is 0.339 e. The summed E-state index contributed by atoms with van der Waals surface area (Å²) in [5, 5.41) is 0.790. The van der Waals surface area contributed by atoms with E-state index in [0.717, 1.165) is 12.3 Å². The lowest BCUT2D eigenvalue weighted by Gasteiger charge is -2.04. The van der Waals surface area contributed by atoms with Gasteiger partial charge in [-0.1, -0.05) is 11.6 Å². The zero-order valence-electron chi connectivity index (χ0n) is 9.87. The fourth-order valence-corrected chi connectivity index (χ4v) is 2.13. The maximum absolute atomic E-state index is 12.6. The minimum Gasteiger partial charge on any atom is -0.339 e. The van der Waals surface area contributed by atoms with Crippen LogP contribution in [0.4, 0.5) is 13.2 Å². The molecule has 3 aromatic heterocycles. The van der Waals surface area contributed by atoms with E-state index in [4.69, 9.17) is 11.6 Å². The average Bonchev–Trinajstić information content (AvgIpc) is 2.80. The largest absolute Gasteiger partial charge is 0.417 e. The number of nitrogens with zero attached hydrogens (tertiary/aromatic N) is 2. The molecule has 0 aliphatic carbocycles. The van der Waals surface area contributed by atoms with Gasteiger partial charge in [0.1, 0.15) is 5.65 Å². The summed E-state index contributed by atoms with van der Waals surface area (Å²) >= 11 is 6.01. The van der Waals surface area contributed by atoms with Gasteiger partial charge in [-0.25, -0.2) is 4.98 Å². The zero-order valence-corrected chi connectivity index (χ0v) is 10.6. The molecule has 0 amide bonds. The number of pyridine rings is 2. The first-order valence-corrected chi connectivity index (χ1v) is 5.99. The molecule has 0 saturated heterocycles. The summed E-state index contributed by atoms with van der Waals surface area (Å²) in [6.45, 7) is 0. The summed E-state index contributed by atoms with van der Waals surface area (Å²) < 4.78 is 37.9. The second kappa shape index (κ2) is 4.49. The number of hydrogen-bond donors (Lipinski definition) is 1. The molecule has 3 nitrogen and oxygen atoms in total. The lowest BCUT2D eigenvalue weighted by Crippen LogP contribution is -2.04. The van der Waals surface area contributed by atoms with E-state index in [0.29, 0.717) is 27.3 Å². The molecule has 0 aliphatic heterocycles. The van der Waals surface area contributed by atoms with E-state index in [-0.39, 0.29) is 0 Å². The number of aromatic nitrogens is 3. The van der Waals surface area contributed by atoms with Crippen molar-refractivity contribution in [2.45, 2.75) is 6.18 Å². The summed E-state index contributed by atoms with van der Waals surface area (Å²) in [5.74, 6) is 0. The van der Waals surface area contributed by atoms with E-state index in [9.17, 15) is 13.2 Å². The van der Waals surface area contributed by atoms with E-state index < -0.39 is 11.7 Å². The van der Waals surface area contributed by atoms with E-state index in [1.54, 1.807) is 18.3 Å². The standard InChI is InChI=1S/C13H7ClF3N3/c14-10-6-18-2-1-9(10)11-4-7-3-8(13(15,16)17)5-19-12(7)20-11/h1-6H,(H,19,20). The third-order valence-electron chi connectivity index (χ3n) is 2.86. The topological polar surface area (TPSA) is 41.6 Å². The Balaban J connectivity index is 2.14. The molecule has 1 N–H and O–H groups in total. The Morgan fingerprint density at radius 3 is 2.65 bits per heavy atom. The predicted octanol–water partition coefficient (Wildman–Crippen LogP) is 4.30. The number of fused-ring (bicyclic) bond motifs is 1. The summed E-state index contributed by atoms with van der Waals surface area (Å²) in [6.07, 6.45) is -0.581. The molecule has 0 fully saturated rings. The van der Waals surface area contributed by atoms with Crippen molar-refractivity contribution in [1.82, 2.24) is 15.0 Å². The molecule has 7 heteroatoms. The summed E-state index contributed by atoms with van der Waals surface area (Å²) in [6, 6.07) is 4.31. The van der Waals surface area contributed by atoms with Crippen LogP contribution in [0.1, 0.15) is 5.56 Å². The highest BCUT2D eigenvalue weighted by atomic mass is 35.5. The van der Waals surface area contributed by atoms with Gasteiger partial charge in [0.05, 0.1) is 10.6 Å². The second-order valence-electron chi connectivity index (χ2n) is 4.20. The van der Waals surface area contributed by atoms with Crippen molar-refractivity contribution in [3.8, 4) is 11.3 Å². The number of H-pyrrole nitrogens is 1. The van der Waals surface area contributed by atoms with Crippen molar-refractivity contribution in [2.75, 3.05) is 0 Å². The van der Waals surface area contributed by atoms with Crippen LogP contribution in [-0.4, -0.2) is 15.0 Å². The summed E-state index contributed by atoms with van der Waals surface area (Å²) in [4.78, 5) is 10.6. The number of halogens is 4. The number of hydrogen-bond acceptors (Lipinski definition) is 2. The van der Waals surface area contributed by atoms with Gasteiger partial charge >= 0.3 is 6.18 Å². The van der Waals surface area contributed by atoms with Crippen LogP contribution >= 0.6 is 11.6 Å². The van der Waals surface area contributed by atoms with E-state index in [1.165, 1.54) is 6.20 Å². The Labute approximate surface area is 116 Å². The lowest BCUT2D eigenvalue weighted by molar-refractivity contribution is -0.137. The molecular weight excluding hydrogens is 291 g/mol. The van der Waals surface area contributed by atoms with Crippen molar-refractivity contribution in [3.05, 3.63) is 47.4 Å². The van der Waals surface area contributed by atoms with Crippen LogP contribution < -0.4 is 0 Å². The fourth-order valence-electron chi connectivity index (χ4n) is 1.91. The van der Waals surface area contributed by atoms with Gasteiger partial charge in [0.15, 0.2) is 0 Å². The molecule has 0 bridgehead atoms. The zero-order chi connectivity index (χ0) is 14.3. The normalized spacial score (nSPS) is 12.0. The number of aromatic amines is 1. The minimum atomic E-state index is -4.41. The van der Waals surface area contributed by atoms with Gasteiger partial charge in [-0.05, 0) is 18.2 Å². The van der Waals surface area contributed by atoms with Gasteiger partial charge in [-0.3, -0.25) is 4.98 Å². The Kier molecular flexibility index (Phi) is 2.90. The Morgan fingerprint density at radius 2 is 1.95 bits per heavy atom. The van der Waals surface area contributed by atoms with Crippen LogP contribution in [0.3, 0.4) is 0 Å². The van der Waals surface area contributed by atoms with Gasteiger partial charge in [-0.2, -0.15) is 13.2 Å². The molecule has 0 aliphatic rings. The SMILES string of the molecule is FC(F)(F)c1cnc2[nH]c(-c3ccncc3Cl)cc2c1. The van der Waals surface area contributed by atoms with Crippen molar-refractivity contribution in [2.24, 2.45) is 0 Å². The van der Waals surface area contributed by atoms with Crippen molar-refractivity contribution >= 4 is 22.6 Å². The average molecular weight is 298 g/mol. The number of nitrogens with one attached hydrogen (secondary N) is 1. The quantitative estimate of drug-likeness (QED) is 0.727. The molecular formula is C13H7ClF3N3. The third kappa shape index (κ3) is 2.22. The third-order valence-corrected chi connectivity index (χ3v) is 3.16. The van der Waals surface area contributed by atoms with Gasteiger partial charge in [0, 0.05) is 35.2 Å². The number of alkyl halides is 3. The Bertz CT molecular complexity index is 780. The molecule has 0 radical (unpaired) electrons. The fraction of sp³-hybridized carbons (Fsp3) is 0.0769. The highest BCUT2D eigenvalue weighted by Gasteiger charge is 2.31. The van der Waals surface area contributed by atoms with Gasteiger partial charge < -0.3 is 4.98 Å². The predicted molar refractivity (Wildman–Crippen MR) is 69.3 cm³/mol. The molecule has 0 saturated carbocycles. The first-order valence-electron chi connectivity index (χ1n) is 5.61. The molecule has 3 heterocycles. The Morgan fingerprint density at radius 1 is 1.15 bits per heavy atom. The highest BCUT2D eigenvalue weighted by molar-refractivity contribution is 6.33. The molecule has 0 atom stereocenters. The van der Waals surface area contributed by atoms with Crippen molar-refractivity contribution in [3.63, 3.8) is 0 Å². The van der Waals surface area contributed by atoms with Gasteiger partial charge in [0.2, 0.25) is 0 Å². The maximum Gasteiger partial charge on any atom is 0.417 e. The molecule has 0 aromatic carbocycles. The molecule has 0 unspecified atom stereocenters. The van der Waals surface area contributed by atoms with Crippen molar-refractivity contribution in [1.29, 1.82) is 0 Å². The Hall–Kier alpha value is -2.08. The van der Waals surface area contributed by atoms with E-state index in [2.05, 4.69) is 15.0 Å². The molecule has 0 spiro atoms. The van der Waals surface area contributed by atoms with Crippen LogP contribution in [0, 0.1) is 0 Å². The summed E-state index contributed by atoms with van der Waals surface area (Å²) in [5.41, 5.74) is 0.852. The van der Waals surface area contributed by atoms with E-state index >= 15 is 0 Å². The maximum atomic E-state index is 12.6. The van der Waals surface area contributed by atoms with Gasteiger partial charge in [-0.15, -0.1) is 0 Å². The van der Waals surface area contributed by atoms with Crippen LogP contribution in [0.2, 0.25) is 5.02 Å². The monoisotopic (exact) mass is 297 g/mol. The van der Waals surface area contributed by atoms with Crippen molar-refractivity contribution < 1.29 is 13.2 Å². The molecule has 3 rings (SSSR count). The van der Waals surface area contributed by atoms with Crippen LogP contribution in [0.15, 0.2) is 36.8 Å². The van der Waals surface area contributed by atoms with Crippen LogP contribution in [0.25, 0.3) is 22.3 Å². The number of rotatable bonds is 1. The van der Waals surface area contributed by atoms with Crippen LogP contribution in [0.5, 0.6) is 0 Å². The lowest BCUT2D eigenvalue weighted by atomic mass is 10.2. The molecule has 3 aromatic rings. The molecule has 102 valence electrons. The first-order chi connectivity index (χ1) is 9.45. The highest BCUT2D eigenvalue weighted by Crippen LogP contribution is 2.33. The first kappa shape index (κ1) is 12.9. The van der Waals surface area contributed by atoms with Gasteiger partial charge in [0.25, 0.3) is 0 Å². The van der Waals surface area contributed by atoms with E-state index in [1.807, 2.05) is 0 Å². The minimum absolute atomic E-state index is 0.376. The summed E-state index contributed by atoms with van der Waals surface area (Å²) in [7, 11) is 0.